The third kappa shape index (κ3) is 2.57. The van der Waals surface area contributed by atoms with Crippen molar-refractivity contribution in [1.29, 1.82) is 0 Å². The third-order valence-corrected chi connectivity index (χ3v) is 1.42. The number of rotatable bonds is 2. The van der Waals surface area contributed by atoms with Crippen LogP contribution in [0, 0.1) is 0 Å². The molecule has 0 aliphatic heterocycles. The van der Waals surface area contributed by atoms with E-state index in [-0.39, 0.29) is 0 Å². The van der Waals surface area contributed by atoms with Gasteiger partial charge in [0.25, 0.3) is 0 Å². The molecule has 0 aliphatic carbocycles. The van der Waals surface area contributed by atoms with E-state index in [4.69, 9.17) is 0 Å². The van der Waals surface area contributed by atoms with E-state index in [1.165, 1.54) is 0 Å². The summed E-state index contributed by atoms with van der Waals surface area (Å²) in [5.41, 5.74) is 1.86. The minimum Gasteiger partial charge on any atom is -0.206 e. The van der Waals surface area contributed by atoms with Gasteiger partial charge in [0.15, 0.2) is 0 Å². The molecule has 0 bridgehead atoms. The molecule has 60 valence electrons. The van der Waals surface area contributed by atoms with Crippen molar-refractivity contribution in [3.63, 3.8) is 0 Å². The van der Waals surface area contributed by atoms with Crippen molar-refractivity contribution in [3.8, 4) is 0 Å². The summed E-state index contributed by atoms with van der Waals surface area (Å²) in [7, 11) is 0. The standard InChI is InChI=1S/C11H11N/c1-3-10(2)9-12-11-7-5-4-6-8-11/h3-8H,1H2,2H3. The molecule has 1 nitrogen and oxygen atoms in total. The first-order valence-corrected chi connectivity index (χ1v) is 3.80. The van der Waals surface area contributed by atoms with Crippen LogP contribution in [0.5, 0.6) is 0 Å². The van der Waals surface area contributed by atoms with E-state index in [1.54, 1.807) is 6.08 Å². The summed E-state index contributed by atoms with van der Waals surface area (Å²) in [6.07, 6.45) is 1.73. The fourth-order valence-corrected chi connectivity index (χ4v) is 0.701. The summed E-state index contributed by atoms with van der Waals surface area (Å²) in [6, 6.07) is 9.73. The second kappa shape index (κ2) is 4.32. The number of allylic oxidation sites excluding steroid dienone is 2. The topological polar surface area (TPSA) is 12.4 Å². The molecule has 1 aromatic rings. The third-order valence-electron chi connectivity index (χ3n) is 1.42. The van der Waals surface area contributed by atoms with Crippen LogP contribution in [0.15, 0.2) is 53.6 Å². The van der Waals surface area contributed by atoms with Crippen molar-refractivity contribution in [1.82, 2.24) is 0 Å². The van der Waals surface area contributed by atoms with Crippen molar-refractivity contribution in [3.05, 3.63) is 48.6 Å². The van der Waals surface area contributed by atoms with Gasteiger partial charge in [0, 0.05) is 5.57 Å². The van der Waals surface area contributed by atoms with Gasteiger partial charge in [-0.25, -0.2) is 4.99 Å². The van der Waals surface area contributed by atoms with Gasteiger partial charge in [-0.3, -0.25) is 0 Å². The second-order valence-electron chi connectivity index (χ2n) is 2.45. The van der Waals surface area contributed by atoms with E-state index < -0.39 is 0 Å². The molecule has 0 unspecified atom stereocenters. The van der Waals surface area contributed by atoms with Crippen molar-refractivity contribution in [2.24, 2.45) is 4.99 Å². The molecule has 0 spiro atoms. The fraction of sp³-hybridized carbons (Fsp3) is 0.0909. The Balaban J connectivity index is 2.90. The molecule has 0 fully saturated rings. The predicted molar refractivity (Wildman–Crippen MR) is 52.9 cm³/mol. The summed E-state index contributed by atoms with van der Waals surface area (Å²) in [6.45, 7) is 5.53. The Morgan fingerprint density at radius 3 is 2.67 bits per heavy atom. The van der Waals surface area contributed by atoms with Gasteiger partial charge < -0.3 is 0 Å². The van der Waals surface area contributed by atoms with Crippen LogP contribution in [0.1, 0.15) is 6.92 Å². The number of para-hydroxylation sites is 1. The minimum absolute atomic E-state index is 0.915. The van der Waals surface area contributed by atoms with Crippen molar-refractivity contribution >= 4 is 11.6 Å². The SMILES string of the molecule is C=CC(C)=C=Nc1ccccc1. The molecule has 0 heterocycles. The minimum atomic E-state index is 0.915. The molecule has 0 aromatic heterocycles. The van der Waals surface area contributed by atoms with Gasteiger partial charge in [-0.05, 0) is 24.9 Å². The van der Waals surface area contributed by atoms with Crippen molar-refractivity contribution in [2.75, 3.05) is 0 Å². The monoisotopic (exact) mass is 157 g/mol. The number of nitrogens with zero attached hydrogens (tertiary/aromatic N) is 1. The maximum Gasteiger partial charge on any atom is 0.0729 e. The Morgan fingerprint density at radius 2 is 2.08 bits per heavy atom. The zero-order valence-electron chi connectivity index (χ0n) is 7.12. The van der Waals surface area contributed by atoms with Gasteiger partial charge in [0.2, 0.25) is 0 Å². The molecule has 1 aromatic carbocycles. The molecular formula is C11H11N. The summed E-state index contributed by atoms with van der Waals surface area (Å²) in [5, 5.41) is 0. The number of hydrogen-bond donors (Lipinski definition) is 0. The first kappa shape index (κ1) is 8.51. The molecule has 0 N–H and O–H groups in total. The highest BCUT2D eigenvalue weighted by Crippen LogP contribution is 2.07. The van der Waals surface area contributed by atoms with Crippen LogP contribution >= 0.6 is 0 Å². The number of benzene rings is 1. The zero-order valence-corrected chi connectivity index (χ0v) is 7.12. The van der Waals surface area contributed by atoms with E-state index in [1.807, 2.05) is 37.3 Å². The molecule has 0 saturated carbocycles. The highest BCUT2D eigenvalue weighted by Gasteiger charge is 1.81. The molecule has 12 heavy (non-hydrogen) atoms. The molecule has 0 radical (unpaired) electrons. The zero-order chi connectivity index (χ0) is 8.81. The molecule has 0 aliphatic rings. The fourth-order valence-electron chi connectivity index (χ4n) is 0.701. The lowest BCUT2D eigenvalue weighted by Gasteiger charge is -1.86. The van der Waals surface area contributed by atoms with Crippen LogP contribution in [0.3, 0.4) is 0 Å². The lowest BCUT2D eigenvalue weighted by atomic mass is 10.3. The highest BCUT2D eigenvalue weighted by molar-refractivity contribution is 5.64. The Morgan fingerprint density at radius 1 is 1.42 bits per heavy atom. The van der Waals surface area contributed by atoms with Crippen molar-refractivity contribution < 1.29 is 0 Å². The van der Waals surface area contributed by atoms with Gasteiger partial charge in [-0.1, -0.05) is 30.9 Å². The van der Waals surface area contributed by atoms with Gasteiger partial charge in [0.1, 0.15) is 0 Å². The van der Waals surface area contributed by atoms with Crippen LogP contribution in [0.4, 0.5) is 5.69 Å². The Hall–Kier alpha value is -1.59. The van der Waals surface area contributed by atoms with Crippen molar-refractivity contribution in [2.45, 2.75) is 6.92 Å². The molecular weight excluding hydrogens is 146 g/mol. The highest BCUT2D eigenvalue weighted by atomic mass is 14.7. The van der Waals surface area contributed by atoms with Gasteiger partial charge in [-0.2, -0.15) is 0 Å². The van der Waals surface area contributed by atoms with Crippen LogP contribution in [0.25, 0.3) is 0 Å². The van der Waals surface area contributed by atoms with E-state index in [9.17, 15) is 0 Å². The summed E-state index contributed by atoms with van der Waals surface area (Å²) in [5.74, 6) is 2.87. The first-order chi connectivity index (χ1) is 5.83. The maximum absolute atomic E-state index is 4.12. The normalized spacial score (nSPS) is 8.42. The van der Waals surface area contributed by atoms with Crippen LogP contribution in [-0.2, 0) is 0 Å². The summed E-state index contributed by atoms with van der Waals surface area (Å²) in [4.78, 5) is 4.12. The number of hydrogen-bond acceptors (Lipinski definition) is 1. The van der Waals surface area contributed by atoms with E-state index in [0.717, 1.165) is 11.3 Å². The van der Waals surface area contributed by atoms with Crippen LogP contribution < -0.4 is 0 Å². The second-order valence-corrected chi connectivity index (χ2v) is 2.45. The Bertz CT molecular complexity index is 316. The largest absolute Gasteiger partial charge is 0.206 e. The predicted octanol–water partition coefficient (Wildman–Crippen LogP) is 3.12. The molecule has 1 rings (SSSR count). The quantitative estimate of drug-likeness (QED) is 0.462. The summed E-state index contributed by atoms with van der Waals surface area (Å²) < 4.78 is 0. The molecule has 0 amide bonds. The van der Waals surface area contributed by atoms with E-state index in [0.29, 0.717) is 0 Å². The average molecular weight is 157 g/mol. The lowest BCUT2D eigenvalue weighted by Crippen LogP contribution is -1.66. The Labute approximate surface area is 72.8 Å². The molecule has 1 heteroatoms. The van der Waals surface area contributed by atoms with Gasteiger partial charge in [-0.15, -0.1) is 0 Å². The van der Waals surface area contributed by atoms with Gasteiger partial charge >= 0.3 is 0 Å². The summed E-state index contributed by atoms with van der Waals surface area (Å²) >= 11 is 0. The molecule has 0 atom stereocenters. The first-order valence-electron chi connectivity index (χ1n) is 3.80. The maximum atomic E-state index is 4.12. The van der Waals surface area contributed by atoms with Gasteiger partial charge in [0.05, 0.1) is 5.69 Å². The van der Waals surface area contributed by atoms with E-state index in [2.05, 4.69) is 17.4 Å². The van der Waals surface area contributed by atoms with E-state index >= 15 is 0 Å². The smallest absolute Gasteiger partial charge is 0.0729 e. The lowest BCUT2D eigenvalue weighted by molar-refractivity contribution is 1.52. The molecule has 0 saturated heterocycles. The number of aliphatic imine (C=N–C) groups is 1. The Kier molecular flexibility index (Phi) is 3.06. The average Bonchev–Trinajstić information content (AvgIpc) is 2.16. The van der Waals surface area contributed by atoms with Crippen LogP contribution in [0.2, 0.25) is 0 Å². The van der Waals surface area contributed by atoms with Crippen LogP contribution in [-0.4, -0.2) is 5.87 Å².